The van der Waals surface area contributed by atoms with Crippen LogP contribution >= 0.6 is 0 Å². The lowest BCUT2D eigenvalue weighted by Gasteiger charge is -2.26. The summed E-state index contributed by atoms with van der Waals surface area (Å²) in [5, 5.41) is 8.82. The molecule has 1 saturated heterocycles. The monoisotopic (exact) mass is 255 g/mol. The maximum Gasteiger partial charge on any atom is 0.0685 e. The van der Waals surface area contributed by atoms with Gasteiger partial charge in [0.05, 0.1) is 6.61 Å². The minimum atomic E-state index is 0.879. The molecule has 1 aliphatic rings. The minimum Gasteiger partial charge on any atom is -0.316 e. The highest BCUT2D eigenvalue weighted by Gasteiger charge is 2.08. The summed E-state index contributed by atoms with van der Waals surface area (Å²) in [6, 6.07) is 0. The number of rotatable bonds is 11. The molecule has 0 spiro atoms. The molecular formula is C14H29N3O. The Labute approximate surface area is 112 Å². The molecule has 4 nitrogen and oxygen atoms in total. The van der Waals surface area contributed by atoms with Crippen LogP contribution in [0, 0.1) is 0 Å². The van der Waals surface area contributed by atoms with Crippen LogP contribution in [0.25, 0.3) is 0 Å². The topological polar surface area (TPSA) is 36.5 Å². The van der Waals surface area contributed by atoms with Crippen molar-refractivity contribution in [2.45, 2.75) is 32.1 Å². The van der Waals surface area contributed by atoms with Crippen molar-refractivity contribution in [1.82, 2.24) is 15.7 Å². The van der Waals surface area contributed by atoms with E-state index in [-0.39, 0.29) is 0 Å². The van der Waals surface area contributed by atoms with Crippen molar-refractivity contribution in [2.24, 2.45) is 0 Å². The van der Waals surface area contributed by atoms with Gasteiger partial charge in [-0.05, 0) is 32.4 Å². The number of hydrogen-bond donors (Lipinski definition) is 2. The van der Waals surface area contributed by atoms with Gasteiger partial charge in [-0.1, -0.05) is 18.9 Å². The van der Waals surface area contributed by atoms with Gasteiger partial charge in [0.2, 0.25) is 0 Å². The Bertz CT molecular complexity index is 193. The van der Waals surface area contributed by atoms with Gasteiger partial charge in [-0.2, -0.15) is 5.06 Å². The molecular weight excluding hydrogens is 226 g/mol. The third-order valence-corrected chi connectivity index (χ3v) is 3.12. The van der Waals surface area contributed by atoms with Gasteiger partial charge in [-0.25, -0.2) is 0 Å². The van der Waals surface area contributed by atoms with Crippen LogP contribution in [0.1, 0.15) is 32.1 Å². The van der Waals surface area contributed by atoms with Crippen molar-refractivity contribution in [2.75, 3.05) is 45.9 Å². The quantitative estimate of drug-likeness (QED) is 0.434. The predicted octanol–water partition coefficient (Wildman–Crippen LogP) is 1.55. The van der Waals surface area contributed by atoms with E-state index < -0.39 is 0 Å². The van der Waals surface area contributed by atoms with E-state index in [1.807, 2.05) is 6.08 Å². The molecule has 1 heterocycles. The van der Waals surface area contributed by atoms with Crippen LogP contribution in [0.4, 0.5) is 0 Å². The molecule has 0 aliphatic carbocycles. The van der Waals surface area contributed by atoms with Crippen LogP contribution in [0.5, 0.6) is 0 Å². The molecule has 106 valence electrons. The molecule has 1 aliphatic heterocycles. The van der Waals surface area contributed by atoms with Gasteiger partial charge in [0.15, 0.2) is 0 Å². The van der Waals surface area contributed by atoms with Crippen LogP contribution in [0.15, 0.2) is 12.7 Å². The summed E-state index contributed by atoms with van der Waals surface area (Å²) in [5.74, 6) is 0. The van der Waals surface area contributed by atoms with Crippen LogP contribution in [0.2, 0.25) is 0 Å². The van der Waals surface area contributed by atoms with Crippen molar-refractivity contribution in [1.29, 1.82) is 0 Å². The molecule has 0 bridgehead atoms. The van der Waals surface area contributed by atoms with E-state index in [1.165, 1.54) is 25.7 Å². The van der Waals surface area contributed by atoms with Crippen molar-refractivity contribution in [3.63, 3.8) is 0 Å². The van der Waals surface area contributed by atoms with Gasteiger partial charge in [0.25, 0.3) is 0 Å². The number of nitrogens with one attached hydrogen (secondary N) is 2. The SMILES string of the molecule is C=CCCNCCCCCCON1CCNCC1. The van der Waals surface area contributed by atoms with E-state index in [9.17, 15) is 0 Å². The van der Waals surface area contributed by atoms with E-state index in [2.05, 4.69) is 22.3 Å². The normalized spacial score (nSPS) is 16.9. The minimum absolute atomic E-state index is 0.879. The number of hydroxylamine groups is 2. The fraction of sp³-hybridized carbons (Fsp3) is 0.857. The molecule has 2 N–H and O–H groups in total. The molecule has 0 radical (unpaired) electrons. The summed E-state index contributed by atoms with van der Waals surface area (Å²) in [4.78, 5) is 5.71. The fourth-order valence-corrected chi connectivity index (χ4v) is 2.00. The van der Waals surface area contributed by atoms with Crippen molar-refractivity contribution in [3.05, 3.63) is 12.7 Å². The molecule has 0 unspecified atom stereocenters. The zero-order valence-electron chi connectivity index (χ0n) is 11.6. The van der Waals surface area contributed by atoms with Gasteiger partial charge < -0.3 is 10.6 Å². The second-order valence-corrected chi connectivity index (χ2v) is 4.75. The first-order valence-corrected chi connectivity index (χ1v) is 7.33. The van der Waals surface area contributed by atoms with Crippen LogP contribution in [-0.4, -0.2) is 50.9 Å². The molecule has 0 aromatic rings. The first-order chi connectivity index (χ1) is 8.93. The third-order valence-electron chi connectivity index (χ3n) is 3.12. The average molecular weight is 255 g/mol. The van der Waals surface area contributed by atoms with Crippen molar-refractivity contribution in [3.8, 4) is 0 Å². The first-order valence-electron chi connectivity index (χ1n) is 7.33. The molecule has 18 heavy (non-hydrogen) atoms. The summed E-state index contributed by atoms with van der Waals surface area (Å²) in [5.41, 5.74) is 0. The molecule has 0 aromatic carbocycles. The Hall–Kier alpha value is -0.420. The Morgan fingerprint density at radius 1 is 1.11 bits per heavy atom. The number of unbranched alkanes of at least 4 members (excludes halogenated alkanes) is 3. The van der Waals surface area contributed by atoms with Gasteiger partial charge in [0.1, 0.15) is 0 Å². The smallest absolute Gasteiger partial charge is 0.0685 e. The standard InChI is InChI=1S/C14H29N3O/c1-2-3-8-15-9-6-4-5-7-14-18-17-12-10-16-11-13-17/h2,15-16H,1,3-14H2. The van der Waals surface area contributed by atoms with Gasteiger partial charge in [0, 0.05) is 26.2 Å². The molecule has 0 amide bonds. The second kappa shape index (κ2) is 11.7. The Morgan fingerprint density at radius 3 is 2.67 bits per heavy atom. The largest absolute Gasteiger partial charge is 0.316 e. The second-order valence-electron chi connectivity index (χ2n) is 4.75. The van der Waals surface area contributed by atoms with Crippen LogP contribution < -0.4 is 10.6 Å². The van der Waals surface area contributed by atoms with Gasteiger partial charge in [-0.15, -0.1) is 6.58 Å². The highest BCUT2D eigenvalue weighted by Crippen LogP contribution is 2.01. The van der Waals surface area contributed by atoms with Crippen molar-refractivity contribution < 1.29 is 4.84 Å². The lowest BCUT2D eigenvalue weighted by atomic mass is 10.2. The summed E-state index contributed by atoms with van der Waals surface area (Å²) in [7, 11) is 0. The highest BCUT2D eigenvalue weighted by atomic mass is 16.7. The number of nitrogens with zero attached hydrogens (tertiary/aromatic N) is 1. The molecule has 1 fully saturated rings. The molecule has 1 rings (SSSR count). The Kier molecular flexibility index (Phi) is 10.1. The number of hydrogen-bond acceptors (Lipinski definition) is 4. The molecule has 0 atom stereocenters. The summed E-state index contributed by atoms with van der Waals surface area (Å²) >= 11 is 0. The average Bonchev–Trinajstić information content (AvgIpc) is 2.42. The maximum atomic E-state index is 5.71. The molecule has 0 saturated carbocycles. The van der Waals surface area contributed by atoms with E-state index in [0.717, 1.165) is 52.3 Å². The summed E-state index contributed by atoms with van der Waals surface area (Å²) in [6.45, 7) is 10.9. The summed E-state index contributed by atoms with van der Waals surface area (Å²) in [6.07, 6.45) is 8.04. The van der Waals surface area contributed by atoms with E-state index in [0.29, 0.717) is 0 Å². The number of piperazine rings is 1. The maximum absolute atomic E-state index is 5.71. The van der Waals surface area contributed by atoms with Crippen LogP contribution in [-0.2, 0) is 4.84 Å². The Balaban J connectivity index is 1.74. The van der Waals surface area contributed by atoms with Gasteiger partial charge in [-0.3, -0.25) is 4.84 Å². The van der Waals surface area contributed by atoms with E-state index in [1.54, 1.807) is 0 Å². The zero-order chi connectivity index (χ0) is 12.9. The lowest BCUT2D eigenvalue weighted by Crippen LogP contribution is -2.43. The zero-order valence-corrected chi connectivity index (χ0v) is 11.6. The van der Waals surface area contributed by atoms with Crippen molar-refractivity contribution >= 4 is 0 Å². The highest BCUT2D eigenvalue weighted by molar-refractivity contribution is 4.67. The summed E-state index contributed by atoms with van der Waals surface area (Å²) < 4.78 is 0. The third kappa shape index (κ3) is 8.64. The van der Waals surface area contributed by atoms with Crippen LogP contribution in [0.3, 0.4) is 0 Å². The van der Waals surface area contributed by atoms with E-state index >= 15 is 0 Å². The predicted molar refractivity (Wildman–Crippen MR) is 76.5 cm³/mol. The Morgan fingerprint density at radius 2 is 1.89 bits per heavy atom. The van der Waals surface area contributed by atoms with E-state index in [4.69, 9.17) is 4.84 Å². The molecule has 4 heteroatoms. The lowest BCUT2D eigenvalue weighted by molar-refractivity contribution is -0.165. The van der Waals surface area contributed by atoms with Gasteiger partial charge >= 0.3 is 0 Å². The molecule has 0 aromatic heterocycles. The fourth-order valence-electron chi connectivity index (χ4n) is 2.00. The first kappa shape index (κ1) is 15.6.